The summed E-state index contributed by atoms with van der Waals surface area (Å²) >= 11 is 0. The summed E-state index contributed by atoms with van der Waals surface area (Å²) < 4.78 is 25.2. The Hall–Kier alpha value is -1.73. The van der Waals surface area contributed by atoms with Gasteiger partial charge in [0.05, 0.1) is 0 Å². The van der Waals surface area contributed by atoms with Gasteiger partial charge in [0.2, 0.25) is 0 Å². The third kappa shape index (κ3) is 7.63. The maximum atomic E-state index is 12.0. The molecule has 3 heterocycles. The molecule has 3 atom stereocenters. The molecule has 1 saturated heterocycles. The van der Waals surface area contributed by atoms with Crippen molar-refractivity contribution >= 4 is 41.6 Å². The van der Waals surface area contributed by atoms with Gasteiger partial charge in [0, 0.05) is 0 Å². The van der Waals surface area contributed by atoms with Crippen molar-refractivity contribution in [2.24, 2.45) is 5.11 Å². The average Bonchev–Trinajstić information content (AvgIpc) is 3.28. The fourth-order valence-corrected chi connectivity index (χ4v) is 7.07. The van der Waals surface area contributed by atoms with E-state index in [2.05, 4.69) is 33.6 Å². The van der Waals surface area contributed by atoms with Crippen molar-refractivity contribution in [3.8, 4) is 0 Å². The van der Waals surface area contributed by atoms with Gasteiger partial charge in [-0.3, -0.25) is 0 Å². The van der Waals surface area contributed by atoms with Gasteiger partial charge in [0.15, 0.2) is 0 Å². The van der Waals surface area contributed by atoms with Gasteiger partial charge in [-0.05, 0) is 0 Å². The SMILES string of the molecule is [N-]=[N+]=NCOC1C[C@H](n2cnc3c(=O)[nH]c(N)nc32)O[C@@H]1CO[PH](O)(O)O[PH](O)(O)O[PH](O)(O)O. The van der Waals surface area contributed by atoms with Crippen molar-refractivity contribution in [1.82, 2.24) is 19.5 Å². The molecule has 1 fully saturated rings. The second-order valence-corrected chi connectivity index (χ2v) is 12.2. The number of nitrogens with one attached hydrogen (secondary N) is 1. The molecule has 0 radical (unpaired) electrons. The number of aromatic amines is 1. The molecule has 1 aliphatic heterocycles. The first-order valence-corrected chi connectivity index (χ1v) is 14.5. The summed E-state index contributed by atoms with van der Waals surface area (Å²) in [6.45, 7) is -1.14. The predicted molar refractivity (Wildman–Crippen MR) is 119 cm³/mol. The van der Waals surface area contributed by atoms with E-state index in [1.165, 1.54) is 10.9 Å². The number of aromatic nitrogens is 4. The number of fused-ring (bicyclic) bond motifs is 1. The number of hydrogen-bond acceptors (Lipinski definition) is 17. The molecule has 1 unspecified atom stereocenters. The number of azide groups is 1. The van der Waals surface area contributed by atoms with Crippen LogP contribution in [-0.2, 0) is 22.6 Å². The Labute approximate surface area is 194 Å². The minimum absolute atomic E-state index is 0.0382. The van der Waals surface area contributed by atoms with Crippen molar-refractivity contribution in [2.45, 2.75) is 24.9 Å². The first-order valence-electron chi connectivity index (χ1n) is 9.31. The van der Waals surface area contributed by atoms with Crippen molar-refractivity contribution in [1.29, 1.82) is 0 Å². The van der Waals surface area contributed by atoms with Crippen LogP contribution in [0.1, 0.15) is 12.6 Å². The fraction of sp³-hybridized carbons (Fsp3) is 0.545. The monoisotopic (exact) mass is 568 g/mol. The van der Waals surface area contributed by atoms with E-state index in [9.17, 15) is 24.4 Å². The summed E-state index contributed by atoms with van der Waals surface area (Å²) in [7, 11) is -16.5. The molecule has 10 N–H and O–H groups in total. The molecule has 35 heavy (non-hydrogen) atoms. The summed E-state index contributed by atoms with van der Waals surface area (Å²) in [4.78, 5) is 89.8. The fourth-order valence-electron chi connectivity index (χ4n) is 3.10. The number of H-pyrrole nitrogens is 1. The second-order valence-electron chi connectivity index (χ2n) is 6.89. The summed E-state index contributed by atoms with van der Waals surface area (Å²) in [5.74, 6) is -0.185. The third-order valence-electron chi connectivity index (χ3n) is 4.32. The molecule has 0 saturated carbocycles. The Morgan fingerprint density at radius 1 is 1.26 bits per heavy atom. The first kappa shape index (κ1) is 27.9. The number of nitrogen functional groups attached to an aromatic ring is 1. The van der Waals surface area contributed by atoms with Gasteiger partial charge in [-0.25, -0.2) is 0 Å². The Bertz CT molecular complexity index is 1150. The number of hydrogen-bond donors (Lipinski definition) is 9. The molecule has 0 aromatic carbocycles. The van der Waals surface area contributed by atoms with Crippen LogP contribution in [0.4, 0.5) is 5.95 Å². The van der Waals surface area contributed by atoms with Crippen LogP contribution in [0.3, 0.4) is 0 Å². The van der Waals surface area contributed by atoms with Crippen molar-refractivity contribution < 1.29 is 56.9 Å². The molecule has 21 nitrogen and oxygen atoms in total. The molecule has 2 aromatic heterocycles. The second kappa shape index (κ2) is 10.7. The molecule has 2 aromatic rings. The van der Waals surface area contributed by atoms with E-state index in [1.807, 2.05) is 0 Å². The van der Waals surface area contributed by atoms with Gasteiger partial charge in [0.1, 0.15) is 0 Å². The molecule has 0 amide bonds. The first-order chi connectivity index (χ1) is 16.2. The quantitative estimate of drug-likeness (QED) is 0.0604. The molecule has 200 valence electrons. The normalized spacial score (nSPS) is 22.8. The molecule has 24 heteroatoms. The summed E-state index contributed by atoms with van der Waals surface area (Å²) in [6, 6.07) is 0. The van der Waals surface area contributed by atoms with E-state index in [0.29, 0.717) is 0 Å². The zero-order chi connectivity index (χ0) is 26.0. The van der Waals surface area contributed by atoms with Gasteiger partial charge in [0.25, 0.3) is 0 Å². The van der Waals surface area contributed by atoms with Gasteiger partial charge in [-0.2, -0.15) is 0 Å². The predicted octanol–water partition coefficient (Wildman–Crippen LogP) is -2.13. The zero-order valence-corrected chi connectivity index (χ0v) is 20.3. The molecule has 1 aliphatic rings. The van der Waals surface area contributed by atoms with E-state index < -0.39 is 61.8 Å². The molecular weight excluding hydrogens is 545 g/mol. The van der Waals surface area contributed by atoms with Crippen LogP contribution in [0.25, 0.3) is 21.6 Å². The summed E-state index contributed by atoms with van der Waals surface area (Å²) in [5.41, 5.74) is 13.5. The van der Waals surface area contributed by atoms with Crippen LogP contribution in [0.15, 0.2) is 16.2 Å². The van der Waals surface area contributed by atoms with E-state index in [-0.39, 0.29) is 23.5 Å². The van der Waals surface area contributed by atoms with Crippen molar-refractivity contribution in [3.63, 3.8) is 0 Å². The topological polar surface area (TPSA) is 326 Å². The van der Waals surface area contributed by atoms with E-state index >= 15 is 0 Å². The number of imidazole rings is 1. The van der Waals surface area contributed by atoms with Crippen molar-refractivity contribution in [3.05, 3.63) is 27.1 Å². The van der Waals surface area contributed by atoms with Crippen LogP contribution in [0.2, 0.25) is 0 Å². The maximum absolute atomic E-state index is 12.0. The van der Waals surface area contributed by atoms with Gasteiger partial charge in [-0.1, -0.05) is 0 Å². The van der Waals surface area contributed by atoms with Gasteiger partial charge in [-0.15, -0.1) is 0 Å². The Balaban J connectivity index is 1.75. The zero-order valence-electron chi connectivity index (χ0n) is 17.3. The molecule has 0 aliphatic carbocycles. The Morgan fingerprint density at radius 3 is 2.63 bits per heavy atom. The van der Waals surface area contributed by atoms with Gasteiger partial charge >= 0.3 is 194 Å². The van der Waals surface area contributed by atoms with Crippen LogP contribution < -0.4 is 11.3 Å². The van der Waals surface area contributed by atoms with Crippen LogP contribution in [-0.4, -0.2) is 79.3 Å². The average molecular weight is 568 g/mol. The van der Waals surface area contributed by atoms with E-state index in [1.54, 1.807) is 0 Å². The number of rotatable bonds is 11. The van der Waals surface area contributed by atoms with Crippen molar-refractivity contribution in [2.75, 3.05) is 19.1 Å². The molecule has 3 rings (SSSR count). The van der Waals surface area contributed by atoms with Gasteiger partial charge < -0.3 is 0 Å². The van der Waals surface area contributed by atoms with Crippen LogP contribution >= 0.6 is 24.5 Å². The number of nitrogens with zero attached hydrogens (tertiary/aromatic N) is 6. The van der Waals surface area contributed by atoms with E-state index in [0.717, 1.165) is 0 Å². The number of anilines is 1. The summed E-state index contributed by atoms with van der Waals surface area (Å²) in [6.07, 6.45) is -1.63. The number of ether oxygens (including phenoxy) is 2. The number of nitrogens with two attached hydrogens (primary N) is 1. The molecule has 0 spiro atoms. The standard InChI is InChI=1S/C11H23N8O13P3/c12-11-16-9-8(10(20)17-11)14-3-19(9)7-1-5(28-4-15-18-13)6(30-7)2-29-34(24,25)32-35(26,27)31-33(21,22)23/h3,5-7,21-27,33-35H,1-2,4H2,(H3,12,16,17,20)/t5?,6-,7-/m1/s1. The summed E-state index contributed by atoms with van der Waals surface area (Å²) in [5, 5.41) is 3.23. The Morgan fingerprint density at radius 2 is 1.97 bits per heavy atom. The van der Waals surface area contributed by atoms with Crippen LogP contribution in [0, 0.1) is 0 Å². The van der Waals surface area contributed by atoms with E-state index in [4.69, 9.17) is 39.9 Å². The third-order valence-corrected chi connectivity index (χ3v) is 9.15. The molecule has 0 bridgehead atoms. The Kier molecular flexibility index (Phi) is 8.53. The minimum atomic E-state index is -5.64. The van der Waals surface area contributed by atoms with Crippen LogP contribution in [0.5, 0.6) is 0 Å². The molecular formula is C11H23N8O13P3.